The lowest BCUT2D eigenvalue weighted by Crippen LogP contribution is -2.40. The number of unbranched alkanes of at least 4 members (excludes halogenated alkanes) is 1. The molecule has 0 aromatic carbocycles. The first-order valence-electron chi connectivity index (χ1n) is 8.19. The number of hydrogen-bond acceptors (Lipinski definition) is 1. The summed E-state index contributed by atoms with van der Waals surface area (Å²) >= 11 is 0. The molecule has 2 atom stereocenters. The van der Waals surface area contributed by atoms with E-state index in [9.17, 15) is 4.79 Å². The van der Waals surface area contributed by atoms with Crippen LogP contribution in [-0.4, -0.2) is 11.9 Å². The fraction of sp³-hybridized carbons (Fsp3) is 0.941. The highest BCUT2D eigenvalue weighted by molar-refractivity contribution is 5.76. The van der Waals surface area contributed by atoms with Crippen molar-refractivity contribution in [1.82, 2.24) is 5.32 Å². The predicted octanol–water partition coefficient (Wildman–Crippen LogP) is 4.78. The van der Waals surface area contributed by atoms with Gasteiger partial charge in [-0.1, -0.05) is 67.2 Å². The van der Waals surface area contributed by atoms with Crippen molar-refractivity contribution in [3.05, 3.63) is 0 Å². The molecule has 0 saturated heterocycles. The fourth-order valence-corrected chi connectivity index (χ4v) is 2.47. The minimum Gasteiger partial charge on any atom is -0.353 e. The van der Waals surface area contributed by atoms with Gasteiger partial charge in [-0.05, 0) is 24.2 Å². The van der Waals surface area contributed by atoms with E-state index < -0.39 is 0 Å². The zero-order valence-corrected chi connectivity index (χ0v) is 14.0. The van der Waals surface area contributed by atoms with Crippen LogP contribution in [0.4, 0.5) is 0 Å². The van der Waals surface area contributed by atoms with Crippen LogP contribution in [0.1, 0.15) is 80.1 Å². The van der Waals surface area contributed by atoms with Crippen molar-refractivity contribution in [3.8, 4) is 0 Å². The molecule has 0 fully saturated rings. The Morgan fingerprint density at radius 1 is 1.11 bits per heavy atom. The lowest BCUT2D eigenvalue weighted by atomic mass is 9.87. The molecular formula is C17H35NO. The van der Waals surface area contributed by atoms with Crippen LogP contribution in [0.15, 0.2) is 0 Å². The molecule has 1 amide bonds. The van der Waals surface area contributed by atoms with Crippen molar-refractivity contribution in [2.24, 2.45) is 17.8 Å². The molecular weight excluding hydrogens is 234 g/mol. The quantitative estimate of drug-likeness (QED) is 0.607. The first-order chi connectivity index (χ1) is 8.90. The summed E-state index contributed by atoms with van der Waals surface area (Å²) in [6.45, 7) is 13.1. The van der Waals surface area contributed by atoms with Gasteiger partial charge in [0.1, 0.15) is 0 Å². The Balaban J connectivity index is 4.34. The third-order valence-electron chi connectivity index (χ3n) is 3.88. The van der Waals surface area contributed by atoms with Crippen LogP contribution in [0.3, 0.4) is 0 Å². The molecule has 0 rings (SSSR count). The molecule has 0 heterocycles. The van der Waals surface area contributed by atoms with E-state index in [1.54, 1.807) is 0 Å². The molecule has 19 heavy (non-hydrogen) atoms. The van der Waals surface area contributed by atoms with E-state index in [4.69, 9.17) is 0 Å². The largest absolute Gasteiger partial charge is 0.353 e. The molecule has 0 spiro atoms. The Morgan fingerprint density at radius 2 is 1.74 bits per heavy atom. The standard InChI is InChI=1S/C17H35NO/c1-7-9-10-15(8-2)12-16(14(5)6)18-17(19)11-13(3)4/h13-16H,7-12H2,1-6H3,(H,18,19)/t15?,16-/m0/s1. The van der Waals surface area contributed by atoms with E-state index in [1.165, 1.54) is 25.7 Å². The first-order valence-corrected chi connectivity index (χ1v) is 8.19. The van der Waals surface area contributed by atoms with E-state index in [1.807, 2.05) is 0 Å². The highest BCUT2D eigenvalue weighted by atomic mass is 16.1. The number of carbonyl (C=O) groups excluding carboxylic acids is 1. The molecule has 1 unspecified atom stereocenters. The topological polar surface area (TPSA) is 29.1 Å². The third kappa shape index (κ3) is 9.07. The average Bonchev–Trinajstić information content (AvgIpc) is 2.31. The van der Waals surface area contributed by atoms with E-state index >= 15 is 0 Å². The van der Waals surface area contributed by atoms with Gasteiger partial charge in [-0.3, -0.25) is 4.79 Å². The van der Waals surface area contributed by atoms with Crippen LogP contribution in [0.5, 0.6) is 0 Å². The molecule has 0 bridgehead atoms. The normalized spacial score (nSPS) is 14.7. The molecule has 2 heteroatoms. The van der Waals surface area contributed by atoms with Gasteiger partial charge in [0.15, 0.2) is 0 Å². The van der Waals surface area contributed by atoms with Gasteiger partial charge in [0.2, 0.25) is 5.91 Å². The minimum absolute atomic E-state index is 0.221. The maximum absolute atomic E-state index is 11.9. The molecule has 0 aliphatic heterocycles. The monoisotopic (exact) mass is 269 g/mol. The summed E-state index contributed by atoms with van der Waals surface area (Å²) in [6.07, 6.45) is 6.89. The maximum Gasteiger partial charge on any atom is 0.220 e. The highest BCUT2D eigenvalue weighted by Gasteiger charge is 2.20. The summed E-state index contributed by atoms with van der Waals surface area (Å²) in [4.78, 5) is 11.9. The Bertz CT molecular complexity index is 235. The van der Waals surface area contributed by atoms with Crippen molar-refractivity contribution in [1.29, 1.82) is 0 Å². The molecule has 0 saturated carbocycles. The average molecular weight is 269 g/mol. The summed E-state index contributed by atoms with van der Waals surface area (Å²) in [7, 11) is 0. The number of hydrogen-bond donors (Lipinski definition) is 1. The van der Waals surface area contributed by atoms with E-state index in [0.717, 1.165) is 12.3 Å². The number of amides is 1. The third-order valence-corrected chi connectivity index (χ3v) is 3.88. The lowest BCUT2D eigenvalue weighted by molar-refractivity contribution is -0.122. The second-order valence-electron chi connectivity index (χ2n) is 6.67. The summed E-state index contributed by atoms with van der Waals surface area (Å²) in [5.41, 5.74) is 0. The SMILES string of the molecule is CCCCC(CC)C[C@H](NC(=O)CC(C)C)C(C)C. The summed E-state index contributed by atoms with van der Waals surface area (Å²) in [5, 5.41) is 3.25. The van der Waals surface area contributed by atoms with Crippen molar-refractivity contribution in [2.75, 3.05) is 0 Å². The zero-order valence-electron chi connectivity index (χ0n) is 14.0. The van der Waals surface area contributed by atoms with Gasteiger partial charge in [-0.25, -0.2) is 0 Å². The van der Waals surface area contributed by atoms with E-state index in [2.05, 4.69) is 46.9 Å². The second-order valence-corrected chi connectivity index (χ2v) is 6.67. The van der Waals surface area contributed by atoms with Gasteiger partial charge in [0, 0.05) is 12.5 Å². The van der Waals surface area contributed by atoms with Crippen LogP contribution in [-0.2, 0) is 4.79 Å². The molecule has 2 nitrogen and oxygen atoms in total. The molecule has 0 aromatic heterocycles. The van der Waals surface area contributed by atoms with Gasteiger partial charge in [-0.15, -0.1) is 0 Å². The Morgan fingerprint density at radius 3 is 2.16 bits per heavy atom. The van der Waals surface area contributed by atoms with E-state index in [0.29, 0.717) is 24.3 Å². The molecule has 0 aromatic rings. The van der Waals surface area contributed by atoms with Crippen molar-refractivity contribution in [2.45, 2.75) is 86.1 Å². The van der Waals surface area contributed by atoms with Crippen molar-refractivity contribution in [3.63, 3.8) is 0 Å². The minimum atomic E-state index is 0.221. The fourth-order valence-electron chi connectivity index (χ4n) is 2.47. The van der Waals surface area contributed by atoms with Gasteiger partial charge < -0.3 is 5.32 Å². The van der Waals surface area contributed by atoms with E-state index in [-0.39, 0.29) is 5.91 Å². The van der Waals surface area contributed by atoms with Crippen LogP contribution in [0.2, 0.25) is 0 Å². The number of carbonyl (C=O) groups is 1. The van der Waals surface area contributed by atoms with Gasteiger partial charge in [0.05, 0.1) is 0 Å². The van der Waals surface area contributed by atoms with Crippen LogP contribution in [0.25, 0.3) is 0 Å². The smallest absolute Gasteiger partial charge is 0.220 e. The highest BCUT2D eigenvalue weighted by Crippen LogP contribution is 2.22. The van der Waals surface area contributed by atoms with Crippen molar-refractivity contribution < 1.29 is 4.79 Å². The Labute approximate surface area is 120 Å². The zero-order chi connectivity index (χ0) is 14.8. The maximum atomic E-state index is 11.9. The second kappa shape index (κ2) is 10.3. The number of nitrogens with one attached hydrogen (secondary N) is 1. The summed E-state index contributed by atoms with van der Waals surface area (Å²) in [6, 6.07) is 0.341. The Kier molecular flexibility index (Phi) is 9.99. The summed E-state index contributed by atoms with van der Waals surface area (Å²) in [5.74, 6) is 1.94. The van der Waals surface area contributed by atoms with Gasteiger partial charge in [-0.2, -0.15) is 0 Å². The number of rotatable bonds is 10. The predicted molar refractivity (Wildman–Crippen MR) is 84.1 cm³/mol. The molecule has 0 aliphatic rings. The summed E-state index contributed by atoms with van der Waals surface area (Å²) < 4.78 is 0. The molecule has 0 radical (unpaired) electrons. The Hall–Kier alpha value is -0.530. The van der Waals surface area contributed by atoms with Gasteiger partial charge in [0.25, 0.3) is 0 Å². The lowest BCUT2D eigenvalue weighted by Gasteiger charge is -2.27. The molecule has 114 valence electrons. The molecule has 1 N–H and O–H groups in total. The van der Waals surface area contributed by atoms with Crippen LogP contribution in [0, 0.1) is 17.8 Å². The van der Waals surface area contributed by atoms with Crippen LogP contribution >= 0.6 is 0 Å². The van der Waals surface area contributed by atoms with Gasteiger partial charge >= 0.3 is 0 Å². The van der Waals surface area contributed by atoms with Crippen LogP contribution < -0.4 is 5.32 Å². The van der Waals surface area contributed by atoms with Crippen molar-refractivity contribution >= 4 is 5.91 Å². The first kappa shape index (κ1) is 18.5. The molecule has 0 aliphatic carbocycles.